The summed E-state index contributed by atoms with van der Waals surface area (Å²) in [6.07, 6.45) is 0. The lowest BCUT2D eigenvalue weighted by Crippen LogP contribution is -2.74. The van der Waals surface area contributed by atoms with Crippen molar-refractivity contribution in [2.75, 3.05) is 0 Å². The van der Waals surface area contributed by atoms with Gasteiger partial charge in [0.2, 0.25) is 0 Å². The topological polar surface area (TPSA) is 9.86 Å². The Morgan fingerprint density at radius 2 is 0.587 bits per heavy atom. The molecule has 0 saturated carbocycles. The molecule has 0 atom stereocenters. The van der Waals surface area contributed by atoms with Crippen molar-refractivity contribution in [2.45, 2.75) is 0 Å². The van der Waals surface area contributed by atoms with Crippen LogP contribution < -0.4 is 20.7 Å². The third kappa shape index (κ3) is 5.24. The molecule has 0 unspecified atom stereocenters. The summed E-state index contributed by atoms with van der Waals surface area (Å²) in [4.78, 5) is 0. The highest BCUT2D eigenvalue weighted by Crippen LogP contribution is 2.38. The van der Waals surface area contributed by atoms with Crippen LogP contribution >= 0.6 is 0 Å². The molecule has 3 heteroatoms. The Morgan fingerprint density at radius 3 is 1.13 bits per heavy atom. The predicted molar refractivity (Wildman–Crippen MR) is 271 cm³/mol. The van der Waals surface area contributed by atoms with Gasteiger partial charge in [0.15, 0.2) is 8.07 Å². The molecule has 0 amide bonds. The summed E-state index contributed by atoms with van der Waals surface area (Å²) in [5, 5.41) is 18.2. The summed E-state index contributed by atoms with van der Waals surface area (Å²) in [7, 11) is -2.97. The standard InChI is InChI=1S/C60H40N2Si/c1-3-19-43(20-4-1)63(44-21-5-2-6-22-44,46-35-36-51-49-26-8-7-24-47(49)48-25-9-10-27-50(48)55(51)40-46)45-23-17-18-41(38-45)61-59-33-16-13-30-54(59)56-39-42(34-37-60(56)61)62-57-31-14-11-28-52(57)53-29-12-15-32-58(53)62/h1-40H. The van der Waals surface area contributed by atoms with Crippen LogP contribution in [0.25, 0.3) is 87.3 Å². The maximum absolute atomic E-state index is 2.97. The Hall–Kier alpha value is -7.98. The van der Waals surface area contributed by atoms with E-state index < -0.39 is 8.07 Å². The number of nitrogens with zero attached hydrogens (tertiary/aromatic N) is 2. The lowest BCUT2D eigenvalue weighted by atomic mass is 9.94. The van der Waals surface area contributed by atoms with Crippen LogP contribution in [0.4, 0.5) is 0 Å². The predicted octanol–water partition coefficient (Wildman–Crippen LogP) is 12.7. The molecule has 11 aromatic carbocycles. The van der Waals surface area contributed by atoms with E-state index >= 15 is 0 Å². The van der Waals surface area contributed by atoms with Gasteiger partial charge in [0.25, 0.3) is 0 Å². The first-order valence-corrected chi connectivity index (χ1v) is 23.8. The van der Waals surface area contributed by atoms with E-state index in [1.807, 2.05) is 0 Å². The number of hydrogen-bond donors (Lipinski definition) is 0. The number of fused-ring (bicyclic) bond motifs is 12. The van der Waals surface area contributed by atoms with E-state index in [1.165, 1.54) is 96.7 Å². The molecular formula is C60H40N2Si. The van der Waals surface area contributed by atoms with Crippen molar-refractivity contribution in [3.8, 4) is 11.4 Å². The van der Waals surface area contributed by atoms with Crippen LogP contribution in [0, 0.1) is 0 Å². The molecule has 2 aromatic heterocycles. The van der Waals surface area contributed by atoms with Gasteiger partial charge in [0.1, 0.15) is 0 Å². The third-order valence-corrected chi connectivity index (χ3v) is 18.4. The highest BCUT2D eigenvalue weighted by Gasteiger charge is 2.42. The number of hydrogen-bond acceptors (Lipinski definition) is 0. The van der Waals surface area contributed by atoms with E-state index in [0.717, 1.165) is 11.4 Å². The average Bonchev–Trinajstić information content (AvgIpc) is 3.88. The number of rotatable bonds is 6. The second-order valence-corrected chi connectivity index (χ2v) is 20.6. The van der Waals surface area contributed by atoms with Crippen LogP contribution in [0.15, 0.2) is 243 Å². The van der Waals surface area contributed by atoms with Crippen LogP contribution in [-0.2, 0) is 0 Å². The Morgan fingerprint density at radius 1 is 0.206 bits per heavy atom. The second kappa shape index (κ2) is 14.0. The van der Waals surface area contributed by atoms with Crippen LogP contribution in [0.3, 0.4) is 0 Å². The summed E-state index contributed by atoms with van der Waals surface area (Å²) < 4.78 is 4.91. The zero-order valence-electron chi connectivity index (χ0n) is 34.5. The lowest BCUT2D eigenvalue weighted by Gasteiger charge is -2.35. The minimum atomic E-state index is -2.97. The summed E-state index contributed by atoms with van der Waals surface area (Å²) in [5.41, 5.74) is 7.13. The first kappa shape index (κ1) is 35.7. The van der Waals surface area contributed by atoms with Crippen LogP contribution in [0.5, 0.6) is 0 Å². The molecule has 294 valence electrons. The van der Waals surface area contributed by atoms with Crippen molar-refractivity contribution >= 4 is 105 Å². The maximum Gasteiger partial charge on any atom is 0.179 e. The lowest BCUT2D eigenvalue weighted by molar-refractivity contribution is 1.17. The minimum Gasteiger partial charge on any atom is -0.309 e. The van der Waals surface area contributed by atoms with Crippen molar-refractivity contribution in [3.05, 3.63) is 243 Å². The van der Waals surface area contributed by atoms with Gasteiger partial charge in [0, 0.05) is 32.9 Å². The molecule has 0 aliphatic heterocycles. The Kier molecular flexibility index (Phi) is 7.96. The molecule has 2 nitrogen and oxygen atoms in total. The first-order valence-electron chi connectivity index (χ1n) is 21.8. The fourth-order valence-corrected chi connectivity index (χ4v) is 15.8. The Labute approximate surface area is 366 Å². The molecule has 2 heterocycles. The van der Waals surface area contributed by atoms with Gasteiger partial charge in [-0.25, -0.2) is 0 Å². The molecular weight excluding hydrogens is 777 g/mol. The molecule has 0 fully saturated rings. The summed E-state index contributed by atoms with van der Waals surface area (Å²) >= 11 is 0. The van der Waals surface area contributed by atoms with E-state index in [2.05, 4.69) is 252 Å². The monoisotopic (exact) mass is 816 g/mol. The van der Waals surface area contributed by atoms with Gasteiger partial charge < -0.3 is 9.13 Å². The minimum absolute atomic E-state index is 1.16. The number of aromatic nitrogens is 2. The third-order valence-electron chi connectivity index (χ3n) is 13.6. The van der Waals surface area contributed by atoms with Gasteiger partial charge in [-0.15, -0.1) is 0 Å². The molecule has 0 radical (unpaired) electrons. The molecule has 0 aliphatic carbocycles. The molecule has 13 rings (SSSR count). The molecule has 63 heavy (non-hydrogen) atoms. The van der Waals surface area contributed by atoms with Crippen LogP contribution in [0.2, 0.25) is 0 Å². The summed E-state index contributed by atoms with van der Waals surface area (Å²) in [5.74, 6) is 0. The van der Waals surface area contributed by atoms with Crippen LogP contribution in [-0.4, -0.2) is 17.2 Å². The quantitative estimate of drug-likeness (QED) is 0.0899. The first-order chi connectivity index (χ1) is 31.3. The molecule has 0 aliphatic rings. The van der Waals surface area contributed by atoms with Crippen LogP contribution in [0.1, 0.15) is 0 Å². The van der Waals surface area contributed by atoms with E-state index in [1.54, 1.807) is 0 Å². The molecule has 0 spiro atoms. The van der Waals surface area contributed by atoms with Crippen molar-refractivity contribution in [2.24, 2.45) is 0 Å². The van der Waals surface area contributed by atoms with Gasteiger partial charge in [-0.05, 0) is 102 Å². The van der Waals surface area contributed by atoms with E-state index in [-0.39, 0.29) is 0 Å². The maximum atomic E-state index is 2.54. The largest absolute Gasteiger partial charge is 0.309 e. The normalized spacial score (nSPS) is 12.1. The average molecular weight is 817 g/mol. The summed E-state index contributed by atoms with van der Waals surface area (Å²) in [6.45, 7) is 0. The smallest absolute Gasteiger partial charge is 0.179 e. The Balaban J connectivity index is 1.08. The second-order valence-electron chi connectivity index (χ2n) is 16.8. The number of benzene rings is 11. The van der Waals surface area contributed by atoms with E-state index in [4.69, 9.17) is 0 Å². The fraction of sp³-hybridized carbons (Fsp3) is 0. The van der Waals surface area contributed by atoms with Crippen molar-refractivity contribution < 1.29 is 0 Å². The molecule has 0 saturated heterocycles. The van der Waals surface area contributed by atoms with Gasteiger partial charge >= 0.3 is 0 Å². The van der Waals surface area contributed by atoms with Gasteiger partial charge in [-0.1, -0.05) is 194 Å². The van der Waals surface area contributed by atoms with Crippen molar-refractivity contribution in [1.29, 1.82) is 0 Å². The highest BCUT2D eigenvalue weighted by molar-refractivity contribution is 7.20. The van der Waals surface area contributed by atoms with E-state index in [0.29, 0.717) is 0 Å². The summed E-state index contributed by atoms with van der Waals surface area (Å²) in [6, 6.07) is 90.8. The van der Waals surface area contributed by atoms with Crippen molar-refractivity contribution in [3.63, 3.8) is 0 Å². The molecule has 13 aromatic rings. The zero-order valence-corrected chi connectivity index (χ0v) is 35.5. The molecule has 0 N–H and O–H groups in total. The number of para-hydroxylation sites is 3. The zero-order chi connectivity index (χ0) is 41.5. The fourth-order valence-electron chi connectivity index (χ4n) is 11.0. The van der Waals surface area contributed by atoms with Gasteiger partial charge in [-0.2, -0.15) is 0 Å². The SMILES string of the molecule is c1ccc([Si](c2ccccc2)(c2cccc(-n3c4ccccc4c4cc(-n5c6ccccc6c6ccccc65)ccc43)c2)c2ccc3c4ccccc4c4ccccc4c3c2)cc1. The van der Waals surface area contributed by atoms with Gasteiger partial charge in [0.05, 0.1) is 22.1 Å². The molecule has 0 bridgehead atoms. The van der Waals surface area contributed by atoms with Gasteiger partial charge in [-0.3, -0.25) is 0 Å². The Bertz CT molecular complexity index is 3790. The van der Waals surface area contributed by atoms with E-state index in [9.17, 15) is 0 Å². The highest BCUT2D eigenvalue weighted by atomic mass is 28.3. The van der Waals surface area contributed by atoms with Crippen molar-refractivity contribution in [1.82, 2.24) is 9.13 Å².